The fourth-order valence-corrected chi connectivity index (χ4v) is 0.483. The van der Waals surface area contributed by atoms with E-state index in [1.165, 1.54) is 5.56 Å². The van der Waals surface area contributed by atoms with Gasteiger partial charge in [-0.05, 0) is 0 Å². The first-order valence-electron chi connectivity index (χ1n) is 2.33. The van der Waals surface area contributed by atoms with Gasteiger partial charge in [0.2, 0.25) is 0 Å². The summed E-state index contributed by atoms with van der Waals surface area (Å²) in [5, 5.41) is 0. The van der Waals surface area contributed by atoms with Crippen LogP contribution < -0.4 is 0 Å². The summed E-state index contributed by atoms with van der Waals surface area (Å²) >= 11 is 0. The number of rotatable bonds is 0. The molecular weight excluding hydrogens is 185 g/mol. The van der Waals surface area contributed by atoms with Crippen molar-refractivity contribution in [2.45, 2.75) is 6.92 Å². The van der Waals surface area contributed by atoms with Crippen molar-refractivity contribution in [3.05, 3.63) is 35.9 Å². The van der Waals surface area contributed by atoms with Crippen LogP contribution in [-0.4, -0.2) is 0 Å². The van der Waals surface area contributed by atoms with Gasteiger partial charge in [-0.15, -0.1) is 0 Å². The van der Waals surface area contributed by atoms with Crippen molar-refractivity contribution in [2.75, 3.05) is 0 Å². The first-order valence-corrected chi connectivity index (χ1v) is 2.33. The van der Waals surface area contributed by atoms with E-state index in [0.29, 0.717) is 0 Å². The largest absolute Gasteiger partial charge is 1.00 e. The van der Waals surface area contributed by atoms with Crippen molar-refractivity contribution in [1.82, 2.24) is 0 Å². The van der Waals surface area contributed by atoms with Crippen LogP contribution in [0.3, 0.4) is 0 Å². The maximum absolute atomic E-state index is 3.03. The van der Waals surface area contributed by atoms with E-state index >= 15 is 0 Å². The molecule has 0 spiro atoms. The van der Waals surface area contributed by atoms with Gasteiger partial charge in [0.25, 0.3) is 0 Å². The van der Waals surface area contributed by atoms with E-state index in [9.17, 15) is 0 Å². The van der Waals surface area contributed by atoms with E-state index in [-0.39, 0.29) is 19.5 Å². The third kappa shape index (κ3) is 2.23. The molecule has 8 heavy (non-hydrogen) atoms. The van der Waals surface area contributed by atoms with Crippen molar-refractivity contribution in [1.29, 1.82) is 0 Å². The molecule has 0 atom stereocenters. The summed E-state index contributed by atoms with van der Waals surface area (Å²) in [4.78, 5) is 0. The van der Waals surface area contributed by atoms with E-state index in [1.807, 2.05) is 31.2 Å². The Kier molecular flexibility index (Phi) is 3.72. The van der Waals surface area contributed by atoms with Gasteiger partial charge in [0.05, 0.1) is 0 Å². The zero-order chi connectivity index (χ0) is 5.11. The van der Waals surface area contributed by atoms with Crippen LogP contribution in [0.15, 0.2) is 24.3 Å². The number of benzene rings is 1. The third-order valence-electron chi connectivity index (χ3n) is 0.865. The molecule has 0 fully saturated rings. The van der Waals surface area contributed by atoms with Crippen LogP contribution in [-0.2, 0) is 19.5 Å². The van der Waals surface area contributed by atoms with Crippen molar-refractivity contribution < 1.29 is 19.5 Å². The van der Waals surface area contributed by atoms with Gasteiger partial charge in [-0.3, -0.25) is 0 Å². The molecule has 0 unspecified atom stereocenters. The van der Waals surface area contributed by atoms with Crippen molar-refractivity contribution in [3.63, 3.8) is 0 Å². The second-order valence-electron chi connectivity index (χ2n) is 1.55. The topological polar surface area (TPSA) is 0 Å². The zero-order valence-corrected chi connectivity index (χ0v) is 6.40. The first-order chi connectivity index (χ1) is 3.39. The standard InChI is InChI=1S/C7H7.Ru/c1-7-5-3-2-4-6-7;/h2-5H,1H3;/q-1;+1. The third-order valence-corrected chi connectivity index (χ3v) is 0.865. The molecule has 0 bridgehead atoms. The average Bonchev–Trinajstić information content (AvgIpc) is 1.69. The quantitative estimate of drug-likeness (QED) is 0.434. The minimum atomic E-state index is 0. The van der Waals surface area contributed by atoms with Crippen LogP contribution in [0.4, 0.5) is 0 Å². The average molecular weight is 192 g/mol. The molecule has 1 radical (unpaired) electrons. The Morgan fingerprint density at radius 2 is 2.12 bits per heavy atom. The molecule has 1 rings (SSSR count). The molecule has 0 saturated carbocycles. The molecule has 0 nitrogen and oxygen atoms in total. The van der Waals surface area contributed by atoms with Gasteiger partial charge in [-0.25, -0.2) is 0 Å². The maximum atomic E-state index is 3.03. The molecule has 0 aromatic heterocycles. The van der Waals surface area contributed by atoms with Crippen molar-refractivity contribution in [3.8, 4) is 0 Å². The molecule has 43 valence electrons. The Hall–Kier alpha value is -0.157. The Morgan fingerprint density at radius 3 is 2.38 bits per heavy atom. The minimum Gasteiger partial charge on any atom is -0.181 e. The molecule has 0 aliphatic carbocycles. The minimum absolute atomic E-state index is 0. The Balaban J connectivity index is 0.000000490. The van der Waals surface area contributed by atoms with E-state index in [4.69, 9.17) is 0 Å². The second kappa shape index (κ2) is 3.80. The molecule has 0 aliphatic heterocycles. The zero-order valence-electron chi connectivity index (χ0n) is 4.66. The number of aryl methyl sites for hydroxylation is 1. The van der Waals surface area contributed by atoms with Crippen LogP contribution in [0.1, 0.15) is 5.56 Å². The monoisotopic (exact) mass is 193 g/mol. The second-order valence-corrected chi connectivity index (χ2v) is 1.55. The van der Waals surface area contributed by atoms with E-state index in [2.05, 4.69) is 6.07 Å². The molecule has 1 aromatic rings. The molecule has 0 N–H and O–H groups in total. The van der Waals surface area contributed by atoms with Crippen LogP contribution in [0.25, 0.3) is 0 Å². The van der Waals surface area contributed by atoms with Gasteiger partial charge in [0.1, 0.15) is 0 Å². The molecule has 0 amide bonds. The van der Waals surface area contributed by atoms with Gasteiger partial charge in [0, 0.05) is 0 Å². The van der Waals surface area contributed by atoms with Gasteiger partial charge < -0.3 is 0 Å². The Labute approximate surface area is 62.7 Å². The van der Waals surface area contributed by atoms with Gasteiger partial charge in [0.15, 0.2) is 0 Å². The normalized spacial score (nSPS) is 7.62. The van der Waals surface area contributed by atoms with Crippen LogP contribution in [0.2, 0.25) is 0 Å². The number of hydrogen-bond acceptors (Lipinski definition) is 0. The Morgan fingerprint density at radius 1 is 1.38 bits per heavy atom. The van der Waals surface area contributed by atoms with Crippen LogP contribution >= 0.6 is 0 Å². The van der Waals surface area contributed by atoms with Crippen molar-refractivity contribution in [2.24, 2.45) is 0 Å². The van der Waals surface area contributed by atoms with Gasteiger partial charge in [-0.2, -0.15) is 35.9 Å². The fraction of sp³-hybridized carbons (Fsp3) is 0.143. The first kappa shape index (κ1) is 7.84. The van der Waals surface area contributed by atoms with E-state index in [0.717, 1.165) is 0 Å². The van der Waals surface area contributed by atoms with Gasteiger partial charge >= 0.3 is 19.5 Å². The van der Waals surface area contributed by atoms with Crippen LogP contribution in [0.5, 0.6) is 0 Å². The summed E-state index contributed by atoms with van der Waals surface area (Å²) in [6.45, 7) is 2.03. The SMILES string of the molecule is Cc1[c-]cccc1.[Ru+]. The predicted octanol–water partition coefficient (Wildman–Crippen LogP) is 1.79. The molecular formula is C7H7Ru. The summed E-state index contributed by atoms with van der Waals surface area (Å²) in [5.41, 5.74) is 1.20. The smallest absolute Gasteiger partial charge is 0.181 e. The van der Waals surface area contributed by atoms with Gasteiger partial charge in [-0.1, -0.05) is 6.92 Å². The van der Waals surface area contributed by atoms with Crippen molar-refractivity contribution >= 4 is 0 Å². The molecule has 1 heteroatoms. The predicted molar refractivity (Wildman–Crippen MR) is 30.0 cm³/mol. The molecule has 0 aliphatic rings. The van der Waals surface area contributed by atoms with E-state index < -0.39 is 0 Å². The molecule has 0 saturated heterocycles. The summed E-state index contributed by atoms with van der Waals surface area (Å²) in [7, 11) is 0. The number of hydrogen-bond donors (Lipinski definition) is 0. The summed E-state index contributed by atoms with van der Waals surface area (Å²) < 4.78 is 0. The summed E-state index contributed by atoms with van der Waals surface area (Å²) in [6, 6.07) is 10.9. The Bertz CT molecular complexity index is 134. The maximum Gasteiger partial charge on any atom is 1.00 e. The fourth-order valence-electron chi connectivity index (χ4n) is 0.483. The van der Waals surface area contributed by atoms with Crippen LogP contribution in [0, 0.1) is 13.0 Å². The molecule has 1 aromatic carbocycles. The summed E-state index contributed by atoms with van der Waals surface area (Å²) in [5.74, 6) is 0. The van der Waals surface area contributed by atoms with E-state index in [1.54, 1.807) is 0 Å². The molecule has 0 heterocycles. The summed E-state index contributed by atoms with van der Waals surface area (Å²) in [6.07, 6.45) is 0.